The molecule has 1 unspecified atom stereocenters. The number of aromatic nitrogens is 1. The fourth-order valence-electron chi connectivity index (χ4n) is 6.33. The van der Waals surface area contributed by atoms with Gasteiger partial charge in [0.2, 0.25) is 17.7 Å². The highest BCUT2D eigenvalue weighted by atomic mass is 16.2. The molecule has 246 valence electrons. The van der Waals surface area contributed by atoms with Crippen LogP contribution in [0.1, 0.15) is 78.4 Å². The van der Waals surface area contributed by atoms with E-state index in [0.717, 1.165) is 10.5 Å². The molecule has 2 aromatic carbocycles. The summed E-state index contributed by atoms with van der Waals surface area (Å²) in [5.41, 5.74) is 10.9. The molecular formula is C34H33N7O7. The van der Waals surface area contributed by atoms with Gasteiger partial charge in [-0.2, -0.15) is 0 Å². The summed E-state index contributed by atoms with van der Waals surface area (Å²) in [4.78, 5) is 91.8. The van der Waals surface area contributed by atoms with Gasteiger partial charge in [0.25, 0.3) is 23.6 Å². The van der Waals surface area contributed by atoms with Crippen LogP contribution in [0, 0.1) is 13.8 Å². The first-order valence-corrected chi connectivity index (χ1v) is 15.4. The predicted octanol–water partition coefficient (Wildman–Crippen LogP) is 1.79. The number of carbonyl (C=O) groups is 7. The third-order valence-electron chi connectivity index (χ3n) is 8.71. The lowest BCUT2D eigenvalue weighted by Gasteiger charge is -2.27. The number of anilines is 2. The van der Waals surface area contributed by atoms with Crippen LogP contribution in [0.15, 0.2) is 36.4 Å². The fourth-order valence-corrected chi connectivity index (χ4v) is 6.33. The summed E-state index contributed by atoms with van der Waals surface area (Å²) < 4.78 is 0. The Morgan fingerprint density at radius 2 is 1.79 bits per heavy atom. The fraction of sp³-hybridized carbons (Fsp3) is 0.265. The Labute approximate surface area is 274 Å². The van der Waals surface area contributed by atoms with Crippen molar-refractivity contribution < 1.29 is 33.6 Å². The van der Waals surface area contributed by atoms with Crippen LogP contribution in [-0.4, -0.2) is 70.4 Å². The van der Waals surface area contributed by atoms with E-state index in [1.807, 2.05) is 12.1 Å². The van der Waals surface area contributed by atoms with E-state index < -0.39 is 35.6 Å². The number of fused-ring (bicyclic) bond motifs is 2. The molecule has 3 aromatic rings. The lowest BCUT2D eigenvalue weighted by molar-refractivity contribution is -0.136. The van der Waals surface area contributed by atoms with Crippen LogP contribution in [0.5, 0.6) is 0 Å². The minimum Gasteiger partial charge on any atom is -0.383 e. The van der Waals surface area contributed by atoms with Gasteiger partial charge < -0.3 is 26.7 Å². The Balaban J connectivity index is 1.12. The smallest absolute Gasteiger partial charge is 0.264 e. The number of benzene rings is 2. The second-order valence-electron chi connectivity index (χ2n) is 11.9. The third kappa shape index (κ3) is 5.83. The van der Waals surface area contributed by atoms with Gasteiger partial charge in [0, 0.05) is 54.3 Å². The van der Waals surface area contributed by atoms with E-state index in [9.17, 15) is 33.6 Å². The van der Waals surface area contributed by atoms with Crippen LogP contribution < -0.4 is 27.0 Å². The summed E-state index contributed by atoms with van der Waals surface area (Å²) in [5, 5.41) is 11.0. The number of nitrogens with two attached hydrogens (primary N) is 1. The van der Waals surface area contributed by atoms with Crippen molar-refractivity contribution in [1.29, 1.82) is 0 Å². The van der Waals surface area contributed by atoms with E-state index >= 15 is 0 Å². The normalized spacial score (nSPS) is 17.7. The van der Waals surface area contributed by atoms with E-state index in [-0.39, 0.29) is 55.3 Å². The van der Waals surface area contributed by atoms with Crippen LogP contribution in [-0.2, 0) is 25.6 Å². The lowest BCUT2D eigenvalue weighted by Crippen LogP contribution is -2.54. The standard InChI is InChI=1S/C34H33N7O7/c1-16-24(15-21-20-14-18(7-10-26(35)42)6-8-22(20)39-30(21)44)38-17(2)28(16)32(46)37-13-12-36-23-5-3-4-19-29(23)34(48)41(33(19)47)25-9-11-27(43)40-31(25)45/h3-6,8,14-15,25,36,38H,7,9-13H2,1-2H3,(H2,35,42)(H,37,46)(H,39,44)(H,40,43,45)/b21-15-. The van der Waals surface area contributed by atoms with E-state index in [2.05, 4.69) is 26.3 Å². The number of primary amides is 1. The van der Waals surface area contributed by atoms with Gasteiger partial charge in [0.05, 0.1) is 22.3 Å². The first-order chi connectivity index (χ1) is 22.9. The Kier molecular flexibility index (Phi) is 8.39. The van der Waals surface area contributed by atoms with E-state index in [0.29, 0.717) is 51.4 Å². The number of hydrogen-bond donors (Lipinski definition) is 6. The molecule has 0 saturated carbocycles. The summed E-state index contributed by atoms with van der Waals surface area (Å²) in [6.45, 7) is 3.93. The summed E-state index contributed by atoms with van der Waals surface area (Å²) in [5.74, 6) is -3.40. The van der Waals surface area contributed by atoms with Crippen molar-refractivity contribution in [3.05, 3.63) is 81.2 Å². The topological polar surface area (TPSA) is 213 Å². The molecule has 14 nitrogen and oxygen atoms in total. The molecule has 3 aliphatic heterocycles. The van der Waals surface area contributed by atoms with Gasteiger partial charge in [0.1, 0.15) is 6.04 Å². The van der Waals surface area contributed by atoms with Gasteiger partial charge in [-0.25, -0.2) is 0 Å². The van der Waals surface area contributed by atoms with Gasteiger partial charge in [-0.1, -0.05) is 12.1 Å². The molecule has 7 N–H and O–H groups in total. The van der Waals surface area contributed by atoms with E-state index in [1.54, 1.807) is 38.1 Å². The number of carbonyl (C=O) groups excluding carboxylic acids is 7. The first-order valence-electron chi connectivity index (χ1n) is 15.4. The first kappa shape index (κ1) is 31.9. The maximum atomic E-state index is 13.3. The highest BCUT2D eigenvalue weighted by molar-refractivity contribution is 6.35. The van der Waals surface area contributed by atoms with Gasteiger partial charge in [-0.15, -0.1) is 0 Å². The SMILES string of the molecule is Cc1[nH]c(/C=C2\C(=O)Nc3ccc(CCC(N)=O)cc32)c(C)c1C(=O)NCCNc1cccc2c1C(=O)N(C1CCC(=O)NC1=O)C2=O. The molecule has 1 saturated heterocycles. The van der Waals surface area contributed by atoms with Crippen LogP contribution in [0.4, 0.5) is 11.4 Å². The number of rotatable bonds is 10. The van der Waals surface area contributed by atoms with Crippen LogP contribution in [0.2, 0.25) is 0 Å². The Morgan fingerprint density at radius 1 is 1.00 bits per heavy atom. The van der Waals surface area contributed by atoms with E-state index in [1.165, 1.54) is 6.07 Å². The number of nitrogens with zero attached hydrogens (tertiary/aromatic N) is 1. The Hall–Kier alpha value is -6.05. The van der Waals surface area contributed by atoms with Crippen LogP contribution >= 0.6 is 0 Å². The average molecular weight is 652 g/mol. The van der Waals surface area contributed by atoms with Crippen molar-refractivity contribution in [2.45, 2.75) is 45.6 Å². The third-order valence-corrected chi connectivity index (χ3v) is 8.71. The highest BCUT2D eigenvalue weighted by Crippen LogP contribution is 2.35. The zero-order valence-electron chi connectivity index (χ0n) is 26.2. The Morgan fingerprint density at radius 3 is 2.54 bits per heavy atom. The zero-order chi connectivity index (χ0) is 34.3. The molecule has 14 heteroatoms. The zero-order valence-corrected chi connectivity index (χ0v) is 26.2. The number of aryl methyl sites for hydroxylation is 2. The molecule has 1 aromatic heterocycles. The molecule has 0 aliphatic carbocycles. The molecule has 0 radical (unpaired) electrons. The second-order valence-corrected chi connectivity index (χ2v) is 11.9. The van der Waals surface area contributed by atoms with Gasteiger partial charge in [0.15, 0.2) is 0 Å². The molecule has 6 rings (SSSR count). The van der Waals surface area contributed by atoms with Crippen molar-refractivity contribution in [2.75, 3.05) is 23.7 Å². The molecule has 4 heterocycles. The number of aromatic amines is 1. The number of amides is 7. The summed E-state index contributed by atoms with van der Waals surface area (Å²) in [6, 6.07) is 9.17. The van der Waals surface area contributed by atoms with Crippen molar-refractivity contribution in [3.63, 3.8) is 0 Å². The minimum atomic E-state index is -1.07. The molecule has 1 fully saturated rings. The number of imide groups is 2. The number of nitrogens with one attached hydrogen (secondary N) is 5. The summed E-state index contributed by atoms with van der Waals surface area (Å²) >= 11 is 0. The predicted molar refractivity (Wildman–Crippen MR) is 175 cm³/mol. The lowest BCUT2D eigenvalue weighted by atomic mass is 10.00. The largest absolute Gasteiger partial charge is 0.383 e. The minimum absolute atomic E-state index is 0.0253. The molecule has 48 heavy (non-hydrogen) atoms. The molecular weight excluding hydrogens is 618 g/mol. The average Bonchev–Trinajstić information content (AvgIpc) is 3.61. The van der Waals surface area contributed by atoms with Crippen molar-refractivity contribution in [2.24, 2.45) is 5.73 Å². The van der Waals surface area contributed by atoms with Gasteiger partial charge >= 0.3 is 0 Å². The van der Waals surface area contributed by atoms with Crippen LogP contribution in [0.25, 0.3) is 11.6 Å². The summed E-state index contributed by atoms with van der Waals surface area (Å²) in [7, 11) is 0. The molecule has 0 spiro atoms. The van der Waals surface area contributed by atoms with Crippen molar-refractivity contribution in [3.8, 4) is 0 Å². The second kappa shape index (κ2) is 12.6. The molecule has 1 atom stereocenters. The number of piperidine rings is 1. The monoisotopic (exact) mass is 651 g/mol. The molecule has 0 bridgehead atoms. The maximum Gasteiger partial charge on any atom is 0.264 e. The van der Waals surface area contributed by atoms with Crippen LogP contribution in [0.3, 0.4) is 0 Å². The van der Waals surface area contributed by atoms with E-state index in [4.69, 9.17) is 5.73 Å². The van der Waals surface area contributed by atoms with Gasteiger partial charge in [-0.3, -0.25) is 43.8 Å². The molecule has 3 aliphatic rings. The Bertz CT molecular complexity index is 1980. The number of H-pyrrole nitrogens is 1. The molecule has 7 amide bonds. The van der Waals surface area contributed by atoms with Gasteiger partial charge in [-0.05, 0) is 68.2 Å². The maximum absolute atomic E-state index is 13.3. The number of hydrogen-bond acceptors (Lipinski definition) is 8. The van der Waals surface area contributed by atoms with Crippen molar-refractivity contribution >= 4 is 64.4 Å². The summed E-state index contributed by atoms with van der Waals surface area (Å²) in [6.07, 6.45) is 2.42. The highest BCUT2D eigenvalue weighted by Gasteiger charge is 2.45. The quantitative estimate of drug-likeness (QED) is 0.108. The van der Waals surface area contributed by atoms with Crippen molar-refractivity contribution in [1.82, 2.24) is 20.5 Å².